The van der Waals surface area contributed by atoms with E-state index in [1.165, 1.54) is 28.5 Å². The van der Waals surface area contributed by atoms with Crippen molar-refractivity contribution in [3.8, 4) is 5.75 Å². The highest BCUT2D eigenvalue weighted by molar-refractivity contribution is 6.02. The number of ether oxygens (including phenoxy) is 2. The maximum atomic E-state index is 12.2. The van der Waals surface area contributed by atoms with Gasteiger partial charge in [-0.15, -0.1) is 0 Å². The van der Waals surface area contributed by atoms with E-state index in [1.807, 2.05) is 48.5 Å². The van der Waals surface area contributed by atoms with E-state index in [9.17, 15) is 9.59 Å². The van der Waals surface area contributed by atoms with Crippen LogP contribution in [0.2, 0.25) is 0 Å². The number of hydrogen-bond acceptors (Lipinski definition) is 4. The number of benzene rings is 4. The summed E-state index contributed by atoms with van der Waals surface area (Å²) in [6.45, 7) is 3.84. The van der Waals surface area contributed by atoms with Crippen LogP contribution in [0.5, 0.6) is 5.75 Å². The molecule has 0 aliphatic rings. The van der Waals surface area contributed by atoms with E-state index in [-0.39, 0.29) is 12.5 Å². The topological polar surface area (TPSA) is 64.6 Å². The van der Waals surface area contributed by atoms with Crippen molar-refractivity contribution in [2.45, 2.75) is 32.9 Å². The molecule has 5 nitrogen and oxygen atoms in total. The molecule has 0 aromatic heterocycles. The first-order chi connectivity index (χ1) is 16.0. The van der Waals surface area contributed by atoms with E-state index in [4.69, 9.17) is 9.47 Å². The van der Waals surface area contributed by atoms with Gasteiger partial charge in [0.05, 0.1) is 6.61 Å². The first-order valence-corrected chi connectivity index (χ1v) is 11.1. The normalized spacial score (nSPS) is 11.8. The lowest BCUT2D eigenvalue weighted by Gasteiger charge is -2.17. The summed E-state index contributed by atoms with van der Waals surface area (Å²) < 4.78 is 11.2. The Morgan fingerprint density at radius 3 is 2.06 bits per heavy atom. The first kappa shape index (κ1) is 22.3. The van der Waals surface area contributed by atoms with Gasteiger partial charge in [-0.25, -0.2) is 4.79 Å². The number of carbonyl (C=O) groups excluding carboxylic acids is 2. The summed E-state index contributed by atoms with van der Waals surface area (Å²) in [5.41, 5.74) is 2.06. The number of nitrogens with one attached hydrogen (secondary N) is 1. The second-order valence-corrected chi connectivity index (χ2v) is 7.94. The average Bonchev–Trinajstić information content (AvgIpc) is 2.82. The highest BCUT2D eigenvalue weighted by Crippen LogP contribution is 2.29. The molecule has 0 aliphatic heterocycles. The molecule has 4 aromatic rings. The molecule has 0 radical (unpaired) electrons. The Morgan fingerprint density at radius 2 is 1.48 bits per heavy atom. The van der Waals surface area contributed by atoms with Crippen LogP contribution in [-0.2, 0) is 27.4 Å². The molecule has 5 heteroatoms. The predicted octanol–water partition coefficient (Wildman–Crippen LogP) is 5.18. The summed E-state index contributed by atoms with van der Waals surface area (Å²) in [5, 5.41) is 7.40. The van der Waals surface area contributed by atoms with Gasteiger partial charge in [-0.3, -0.25) is 4.79 Å². The number of esters is 1. The van der Waals surface area contributed by atoms with E-state index in [0.29, 0.717) is 13.0 Å². The second-order valence-electron chi connectivity index (χ2n) is 7.94. The van der Waals surface area contributed by atoms with Crippen molar-refractivity contribution < 1.29 is 19.1 Å². The standard InChI is InChI=1S/C28H27NO4/c1-3-32-28(31)27(29-19(2)30)16-20-12-14-23(15-13-20)33-18-26-24-10-6-4-8-21(24)17-22-9-5-7-11-25(22)26/h4-15,17,27H,3,16,18H2,1-2H3,(H,29,30)/t27-/m0/s1. The molecule has 0 bridgehead atoms. The van der Waals surface area contributed by atoms with Crippen LogP contribution in [0.4, 0.5) is 0 Å². The van der Waals surface area contributed by atoms with Crippen LogP contribution in [0.25, 0.3) is 21.5 Å². The fourth-order valence-electron chi connectivity index (χ4n) is 4.06. The van der Waals surface area contributed by atoms with Gasteiger partial charge in [-0.05, 0) is 52.2 Å². The molecule has 0 saturated carbocycles. The third-order valence-corrected chi connectivity index (χ3v) is 5.58. The summed E-state index contributed by atoms with van der Waals surface area (Å²) in [6, 6.07) is 25.8. The fourth-order valence-corrected chi connectivity index (χ4v) is 4.06. The van der Waals surface area contributed by atoms with E-state index in [1.54, 1.807) is 6.92 Å². The predicted molar refractivity (Wildman–Crippen MR) is 130 cm³/mol. The molecule has 1 atom stereocenters. The molecule has 0 heterocycles. The molecule has 168 valence electrons. The van der Waals surface area contributed by atoms with Gasteiger partial charge in [-0.2, -0.15) is 0 Å². The third kappa shape index (κ3) is 5.32. The summed E-state index contributed by atoms with van der Waals surface area (Å²) in [6.07, 6.45) is 0.354. The van der Waals surface area contributed by atoms with Crippen LogP contribution in [0, 0.1) is 0 Å². The maximum absolute atomic E-state index is 12.2. The molecular weight excluding hydrogens is 414 g/mol. The van der Waals surface area contributed by atoms with E-state index in [2.05, 4.69) is 35.6 Å². The van der Waals surface area contributed by atoms with E-state index in [0.717, 1.165) is 16.9 Å². The highest BCUT2D eigenvalue weighted by atomic mass is 16.5. The molecule has 1 amide bonds. The molecule has 0 unspecified atom stereocenters. The van der Waals surface area contributed by atoms with Crippen molar-refractivity contribution in [3.05, 3.63) is 90.0 Å². The number of hydrogen-bond donors (Lipinski definition) is 1. The van der Waals surface area contributed by atoms with Crippen molar-refractivity contribution in [2.24, 2.45) is 0 Å². The highest BCUT2D eigenvalue weighted by Gasteiger charge is 2.21. The van der Waals surface area contributed by atoms with Crippen molar-refractivity contribution >= 4 is 33.4 Å². The van der Waals surface area contributed by atoms with Crippen LogP contribution in [0.15, 0.2) is 78.9 Å². The number of amides is 1. The fraction of sp³-hybridized carbons (Fsp3) is 0.214. The van der Waals surface area contributed by atoms with E-state index >= 15 is 0 Å². The Kier molecular flexibility index (Phi) is 6.89. The summed E-state index contributed by atoms with van der Waals surface area (Å²) in [4.78, 5) is 23.6. The molecule has 0 fully saturated rings. The minimum atomic E-state index is -0.712. The zero-order valence-corrected chi connectivity index (χ0v) is 18.8. The zero-order valence-electron chi connectivity index (χ0n) is 18.8. The molecule has 1 N–H and O–H groups in total. The van der Waals surface area contributed by atoms with Gasteiger partial charge >= 0.3 is 5.97 Å². The number of rotatable bonds is 8. The molecule has 4 aromatic carbocycles. The lowest BCUT2D eigenvalue weighted by molar-refractivity contribution is -0.147. The Morgan fingerprint density at radius 1 is 0.879 bits per heavy atom. The zero-order chi connectivity index (χ0) is 23.2. The Labute approximate surface area is 193 Å². The monoisotopic (exact) mass is 441 g/mol. The summed E-state index contributed by atoms with van der Waals surface area (Å²) in [5.74, 6) is 0.0363. The SMILES string of the molecule is CCOC(=O)[C@H](Cc1ccc(OCc2c3ccccc3cc3ccccc23)cc1)NC(C)=O. The molecule has 0 saturated heterocycles. The molecule has 0 aliphatic carbocycles. The average molecular weight is 442 g/mol. The Bertz CT molecular complexity index is 1230. The molecule has 33 heavy (non-hydrogen) atoms. The lowest BCUT2D eigenvalue weighted by atomic mass is 9.97. The lowest BCUT2D eigenvalue weighted by Crippen LogP contribution is -2.42. The smallest absolute Gasteiger partial charge is 0.328 e. The molecular formula is C28H27NO4. The maximum Gasteiger partial charge on any atom is 0.328 e. The Balaban J connectivity index is 1.51. The quantitative estimate of drug-likeness (QED) is 0.302. The number of fused-ring (bicyclic) bond motifs is 2. The molecule has 0 spiro atoms. The van der Waals surface area contributed by atoms with Gasteiger partial charge in [0.15, 0.2) is 0 Å². The van der Waals surface area contributed by atoms with Crippen LogP contribution >= 0.6 is 0 Å². The Hall–Kier alpha value is -3.86. The summed E-state index contributed by atoms with van der Waals surface area (Å²) in [7, 11) is 0. The largest absolute Gasteiger partial charge is 0.489 e. The minimum absolute atomic E-state index is 0.268. The van der Waals surface area contributed by atoms with Crippen molar-refractivity contribution in [1.82, 2.24) is 5.32 Å². The summed E-state index contributed by atoms with van der Waals surface area (Å²) >= 11 is 0. The first-order valence-electron chi connectivity index (χ1n) is 11.1. The molecule has 4 rings (SSSR count). The van der Waals surface area contributed by atoms with Gasteiger partial charge < -0.3 is 14.8 Å². The van der Waals surface area contributed by atoms with Crippen LogP contribution in [-0.4, -0.2) is 24.5 Å². The van der Waals surface area contributed by atoms with Gasteiger partial charge in [0.1, 0.15) is 18.4 Å². The van der Waals surface area contributed by atoms with Crippen LogP contribution in [0.3, 0.4) is 0 Å². The van der Waals surface area contributed by atoms with Crippen molar-refractivity contribution in [2.75, 3.05) is 6.61 Å². The van der Waals surface area contributed by atoms with Gasteiger partial charge in [0.2, 0.25) is 5.91 Å². The number of carbonyl (C=O) groups is 2. The van der Waals surface area contributed by atoms with Crippen LogP contribution < -0.4 is 10.1 Å². The van der Waals surface area contributed by atoms with Crippen LogP contribution in [0.1, 0.15) is 25.0 Å². The van der Waals surface area contributed by atoms with Crippen molar-refractivity contribution in [3.63, 3.8) is 0 Å². The third-order valence-electron chi connectivity index (χ3n) is 5.58. The van der Waals surface area contributed by atoms with Gasteiger partial charge in [0, 0.05) is 18.9 Å². The van der Waals surface area contributed by atoms with Gasteiger partial charge in [-0.1, -0.05) is 60.7 Å². The van der Waals surface area contributed by atoms with Crippen molar-refractivity contribution in [1.29, 1.82) is 0 Å². The van der Waals surface area contributed by atoms with Gasteiger partial charge in [0.25, 0.3) is 0 Å². The second kappa shape index (κ2) is 10.2. The van der Waals surface area contributed by atoms with E-state index < -0.39 is 12.0 Å². The minimum Gasteiger partial charge on any atom is -0.489 e.